The topological polar surface area (TPSA) is 66.5 Å². The lowest BCUT2D eigenvalue weighted by Gasteiger charge is -2.02. The Bertz CT molecular complexity index is 340. The van der Waals surface area contributed by atoms with Crippen molar-refractivity contribution in [3.8, 4) is 0 Å². The number of nitrogens with two attached hydrogens (primary N) is 1. The molecule has 4 heteroatoms. The lowest BCUT2D eigenvalue weighted by Crippen LogP contribution is -2.29. The molecule has 3 nitrogen and oxygen atoms in total. The molecule has 0 aromatic heterocycles. The Kier molecular flexibility index (Phi) is 1.28. The zero-order chi connectivity index (χ0) is 10.9. The van der Waals surface area contributed by atoms with E-state index in [1.54, 1.807) is 0 Å². The molecule has 0 unspecified atom stereocenters. The van der Waals surface area contributed by atoms with Gasteiger partial charge in [-0.25, -0.2) is 0 Å². The molecule has 0 radical (unpaired) electrons. The van der Waals surface area contributed by atoms with Crippen molar-refractivity contribution < 1.29 is 14.2 Å². The van der Waals surface area contributed by atoms with Crippen LogP contribution in [0.1, 0.15) is 9.68 Å². The minimum Gasteiger partial charge on any atom is -0.423 e. The van der Waals surface area contributed by atoms with Gasteiger partial charge in [0, 0.05) is 9.80 Å². The van der Waals surface area contributed by atoms with Crippen molar-refractivity contribution in [2.45, 2.75) is 6.85 Å². The fourth-order valence-electron chi connectivity index (χ4n) is 0.734. The lowest BCUT2D eigenvalue weighted by molar-refractivity contribution is 0.426. The minimum atomic E-state index is -2.34. The summed E-state index contributed by atoms with van der Waals surface area (Å²) in [5, 5.41) is 17.7. The molecule has 0 fully saturated rings. The monoisotopic (exact) mass is 154 g/mol. The molecule has 0 spiro atoms. The van der Waals surface area contributed by atoms with Crippen LogP contribution in [0.3, 0.4) is 0 Å². The van der Waals surface area contributed by atoms with Gasteiger partial charge in [-0.15, -0.1) is 0 Å². The van der Waals surface area contributed by atoms with Crippen LogP contribution in [0.15, 0.2) is 18.2 Å². The highest BCUT2D eigenvalue weighted by Gasteiger charge is 2.10. The van der Waals surface area contributed by atoms with Gasteiger partial charge in [-0.3, -0.25) is 0 Å². The second-order valence-corrected chi connectivity index (χ2v) is 2.22. The molecule has 0 atom stereocenters. The molecule has 0 saturated heterocycles. The van der Waals surface area contributed by atoms with E-state index in [1.165, 1.54) is 18.2 Å². The summed E-state index contributed by atoms with van der Waals surface area (Å²) in [6.07, 6.45) is 0. The van der Waals surface area contributed by atoms with Crippen LogP contribution in [0.5, 0.6) is 0 Å². The van der Waals surface area contributed by atoms with Crippen LogP contribution in [0.4, 0.5) is 5.69 Å². The van der Waals surface area contributed by atoms with Crippen LogP contribution < -0.4 is 11.2 Å². The van der Waals surface area contributed by atoms with Crippen LogP contribution in [0.2, 0.25) is 0 Å². The van der Waals surface area contributed by atoms with Gasteiger partial charge < -0.3 is 15.8 Å². The summed E-state index contributed by atoms with van der Waals surface area (Å²) in [4.78, 5) is 0. The predicted octanol–water partition coefficient (Wildman–Crippen LogP) is -0.743. The Morgan fingerprint density at radius 2 is 2.27 bits per heavy atom. The summed E-state index contributed by atoms with van der Waals surface area (Å²) < 4.78 is 21.4. The van der Waals surface area contributed by atoms with Gasteiger partial charge in [0.25, 0.3) is 0 Å². The summed E-state index contributed by atoms with van der Waals surface area (Å²) in [5.74, 6) is 0. The number of nitrogen functional groups attached to an aromatic ring is 1. The first kappa shape index (κ1) is 4.80. The van der Waals surface area contributed by atoms with Crippen molar-refractivity contribution in [2.24, 2.45) is 0 Å². The van der Waals surface area contributed by atoms with Crippen LogP contribution in [-0.2, 0) is 0 Å². The number of rotatable bonds is 1. The van der Waals surface area contributed by atoms with Crippen LogP contribution in [0.25, 0.3) is 0 Å². The summed E-state index contributed by atoms with van der Waals surface area (Å²) >= 11 is 0. The third kappa shape index (κ3) is 1.72. The SMILES string of the molecule is [2H]C([2H])([2H])c1cc(B(O)O)ccc1N. The van der Waals surface area contributed by atoms with Crippen molar-refractivity contribution in [2.75, 3.05) is 5.73 Å². The number of hydrogen-bond acceptors (Lipinski definition) is 3. The molecule has 1 aromatic rings. The normalized spacial score (nSPS) is 14.9. The summed E-state index contributed by atoms with van der Waals surface area (Å²) in [6.45, 7) is -2.34. The number of aryl methyl sites for hydroxylation is 1. The van der Waals surface area contributed by atoms with Gasteiger partial charge in [-0.1, -0.05) is 12.1 Å². The molecular formula is C7H10BNO2. The molecule has 0 aliphatic rings. The van der Waals surface area contributed by atoms with Crippen molar-refractivity contribution >= 4 is 18.3 Å². The van der Waals surface area contributed by atoms with Gasteiger partial charge in [0.2, 0.25) is 0 Å². The van der Waals surface area contributed by atoms with E-state index in [1.807, 2.05) is 0 Å². The average Bonchev–Trinajstić information content (AvgIpc) is 2.02. The molecular weight excluding hydrogens is 141 g/mol. The van der Waals surface area contributed by atoms with Crippen LogP contribution in [0, 0.1) is 6.85 Å². The van der Waals surface area contributed by atoms with E-state index in [2.05, 4.69) is 0 Å². The van der Waals surface area contributed by atoms with Crippen LogP contribution >= 0.6 is 0 Å². The Hall–Kier alpha value is -0.995. The van der Waals surface area contributed by atoms with E-state index in [-0.39, 0.29) is 16.7 Å². The fourth-order valence-corrected chi connectivity index (χ4v) is 0.734. The molecule has 0 amide bonds. The Labute approximate surface area is 69.8 Å². The Morgan fingerprint density at radius 3 is 2.82 bits per heavy atom. The maximum atomic E-state index is 8.84. The zero-order valence-electron chi connectivity index (χ0n) is 8.78. The summed E-state index contributed by atoms with van der Waals surface area (Å²) in [6, 6.07) is 3.89. The van der Waals surface area contributed by atoms with Gasteiger partial charge in [0.1, 0.15) is 0 Å². The first-order chi connectivity index (χ1) is 6.32. The lowest BCUT2D eigenvalue weighted by atomic mass is 9.79. The first-order valence-corrected chi connectivity index (χ1v) is 3.08. The van der Waals surface area contributed by atoms with Crippen molar-refractivity contribution in [3.05, 3.63) is 23.8 Å². The van der Waals surface area contributed by atoms with E-state index >= 15 is 0 Å². The third-order valence-electron chi connectivity index (χ3n) is 1.38. The van der Waals surface area contributed by atoms with E-state index in [0.717, 1.165) is 0 Å². The second kappa shape index (κ2) is 2.94. The Balaban J connectivity index is 3.22. The van der Waals surface area contributed by atoms with Gasteiger partial charge in [-0.2, -0.15) is 0 Å². The molecule has 1 rings (SSSR count). The summed E-state index contributed by atoms with van der Waals surface area (Å²) in [5.41, 5.74) is 5.62. The van der Waals surface area contributed by atoms with Gasteiger partial charge in [-0.05, 0) is 23.9 Å². The second-order valence-electron chi connectivity index (χ2n) is 2.22. The van der Waals surface area contributed by atoms with Gasteiger partial charge in [0.15, 0.2) is 0 Å². The highest BCUT2D eigenvalue weighted by atomic mass is 16.4. The molecule has 0 saturated carbocycles. The number of hydrogen-bond donors (Lipinski definition) is 3. The highest BCUT2D eigenvalue weighted by molar-refractivity contribution is 6.58. The number of benzene rings is 1. The molecule has 0 heterocycles. The molecule has 0 aliphatic carbocycles. The maximum Gasteiger partial charge on any atom is 0.488 e. The molecule has 58 valence electrons. The van der Waals surface area contributed by atoms with Crippen molar-refractivity contribution in [1.29, 1.82) is 0 Å². The molecule has 11 heavy (non-hydrogen) atoms. The largest absolute Gasteiger partial charge is 0.488 e. The first-order valence-electron chi connectivity index (χ1n) is 4.58. The standard InChI is InChI=1S/C7H10BNO2/c1-5-4-6(8(10)11)2-3-7(5)9/h2-4,10-11H,9H2,1H3/i1D3. The van der Waals surface area contributed by atoms with E-state index in [4.69, 9.17) is 19.9 Å². The third-order valence-corrected chi connectivity index (χ3v) is 1.38. The van der Waals surface area contributed by atoms with E-state index < -0.39 is 14.0 Å². The smallest absolute Gasteiger partial charge is 0.423 e. The molecule has 4 N–H and O–H groups in total. The van der Waals surface area contributed by atoms with Crippen molar-refractivity contribution in [1.82, 2.24) is 0 Å². The molecule has 1 aromatic carbocycles. The minimum absolute atomic E-state index is 0.0666. The van der Waals surface area contributed by atoms with E-state index in [9.17, 15) is 0 Å². The molecule has 0 aliphatic heterocycles. The molecule has 0 bridgehead atoms. The van der Waals surface area contributed by atoms with Gasteiger partial charge in [0.05, 0.1) is 0 Å². The van der Waals surface area contributed by atoms with Crippen molar-refractivity contribution in [3.63, 3.8) is 0 Å². The quantitative estimate of drug-likeness (QED) is 0.368. The highest BCUT2D eigenvalue weighted by Crippen LogP contribution is 2.06. The fraction of sp³-hybridized carbons (Fsp3) is 0.143. The van der Waals surface area contributed by atoms with Crippen LogP contribution in [-0.4, -0.2) is 17.2 Å². The average molecular weight is 154 g/mol. The maximum absolute atomic E-state index is 8.84. The van der Waals surface area contributed by atoms with E-state index in [0.29, 0.717) is 0 Å². The predicted molar refractivity (Wildman–Crippen MR) is 45.4 cm³/mol. The number of anilines is 1. The Morgan fingerprint density at radius 1 is 1.55 bits per heavy atom. The summed E-state index contributed by atoms with van der Waals surface area (Å²) in [7, 11) is -1.68. The van der Waals surface area contributed by atoms with Gasteiger partial charge >= 0.3 is 7.12 Å². The zero-order valence-corrected chi connectivity index (χ0v) is 5.78.